The van der Waals surface area contributed by atoms with Crippen LogP contribution in [0.1, 0.15) is 60.3 Å². The van der Waals surface area contributed by atoms with E-state index < -0.39 is 11.7 Å². The summed E-state index contributed by atoms with van der Waals surface area (Å²) in [6.07, 6.45) is 2.60. The summed E-state index contributed by atoms with van der Waals surface area (Å²) in [5.74, 6) is 0.0844. The van der Waals surface area contributed by atoms with Crippen molar-refractivity contribution < 1.29 is 19.1 Å². The Labute approximate surface area is 150 Å². The Morgan fingerprint density at radius 1 is 1.12 bits per heavy atom. The van der Waals surface area contributed by atoms with Crippen molar-refractivity contribution >= 4 is 17.9 Å². The number of piperidine rings is 1. The number of likely N-dealkylation sites (tertiary alicyclic amines) is 1. The molecule has 0 bridgehead atoms. The molecule has 0 atom stereocenters. The molecule has 0 aromatic heterocycles. The summed E-state index contributed by atoms with van der Waals surface area (Å²) >= 11 is 0. The number of nitrogens with zero attached hydrogens (tertiary/aromatic N) is 1. The lowest BCUT2D eigenvalue weighted by Crippen LogP contribution is -2.49. The molecule has 3 amide bonds. The van der Waals surface area contributed by atoms with Gasteiger partial charge in [-0.2, -0.15) is 0 Å². The standard InChI is InChI=1S/C18H33N3O4/c1-6-13(7-2)16(23)21-10-8-14(9-11-21)20-15(22)12-19-17(24)25-18(3,4)5/h13-14H,6-12H2,1-5H3,(H,19,24)(H,20,22). The average molecular weight is 355 g/mol. The zero-order valence-electron chi connectivity index (χ0n) is 16.2. The number of hydrogen-bond donors (Lipinski definition) is 2. The van der Waals surface area contributed by atoms with Gasteiger partial charge in [-0.15, -0.1) is 0 Å². The molecule has 1 saturated heterocycles. The van der Waals surface area contributed by atoms with Crippen molar-refractivity contribution in [3.05, 3.63) is 0 Å². The largest absolute Gasteiger partial charge is 0.444 e. The van der Waals surface area contributed by atoms with Crippen molar-refractivity contribution in [2.75, 3.05) is 19.6 Å². The van der Waals surface area contributed by atoms with E-state index in [1.807, 2.05) is 18.7 Å². The van der Waals surface area contributed by atoms with Crippen LogP contribution in [-0.4, -0.2) is 54.1 Å². The van der Waals surface area contributed by atoms with E-state index in [1.165, 1.54) is 0 Å². The van der Waals surface area contributed by atoms with Crippen molar-refractivity contribution in [3.8, 4) is 0 Å². The van der Waals surface area contributed by atoms with Crippen LogP contribution in [0.4, 0.5) is 4.79 Å². The minimum absolute atomic E-state index is 0.0405. The van der Waals surface area contributed by atoms with Gasteiger partial charge in [0.05, 0.1) is 0 Å². The first-order valence-corrected chi connectivity index (χ1v) is 9.21. The van der Waals surface area contributed by atoms with Crippen molar-refractivity contribution in [2.45, 2.75) is 71.9 Å². The number of nitrogens with one attached hydrogen (secondary N) is 2. The lowest BCUT2D eigenvalue weighted by atomic mass is 9.98. The molecule has 144 valence electrons. The molecule has 1 aliphatic rings. The van der Waals surface area contributed by atoms with Gasteiger partial charge in [0.25, 0.3) is 0 Å². The third kappa shape index (κ3) is 7.75. The molecule has 0 aliphatic carbocycles. The summed E-state index contributed by atoms with van der Waals surface area (Å²) in [6.45, 7) is 10.6. The van der Waals surface area contributed by atoms with E-state index in [2.05, 4.69) is 10.6 Å². The van der Waals surface area contributed by atoms with Gasteiger partial charge in [0.1, 0.15) is 12.1 Å². The Morgan fingerprint density at radius 2 is 1.68 bits per heavy atom. The van der Waals surface area contributed by atoms with Gasteiger partial charge in [0.15, 0.2) is 0 Å². The average Bonchev–Trinajstić information content (AvgIpc) is 2.53. The van der Waals surface area contributed by atoms with Crippen molar-refractivity contribution in [1.82, 2.24) is 15.5 Å². The topological polar surface area (TPSA) is 87.7 Å². The molecule has 0 radical (unpaired) electrons. The van der Waals surface area contributed by atoms with E-state index >= 15 is 0 Å². The quantitative estimate of drug-likeness (QED) is 0.763. The molecular formula is C18H33N3O4. The van der Waals surface area contributed by atoms with E-state index in [0.717, 1.165) is 25.7 Å². The zero-order valence-corrected chi connectivity index (χ0v) is 16.2. The molecule has 25 heavy (non-hydrogen) atoms. The van der Waals surface area contributed by atoms with Gasteiger partial charge >= 0.3 is 6.09 Å². The Morgan fingerprint density at radius 3 is 2.16 bits per heavy atom. The minimum atomic E-state index is -0.603. The maximum absolute atomic E-state index is 12.4. The third-order valence-electron chi connectivity index (χ3n) is 4.30. The first-order chi connectivity index (χ1) is 11.7. The van der Waals surface area contributed by atoms with Crippen LogP contribution in [0.3, 0.4) is 0 Å². The van der Waals surface area contributed by atoms with Crippen LogP contribution in [-0.2, 0) is 14.3 Å². The van der Waals surface area contributed by atoms with Gasteiger partial charge in [-0.05, 0) is 46.5 Å². The first-order valence-electron chi connectivity index (χ1n) is 9.21. The van der Waals surface area contributed by atoms with E-state index in [-0.39, 0.29) is 30.3 Å². The Kier molecular flexibility index (Phi) is 8.19. The van der Waals surface area contributed by atoms with E-state index in [4.69, 9.17) is 4.74 Å². The predicted molar refractivity (Wildman–Crippen MR) is 96.1 cm³/mol. The zero-order chi connectivity index (χ0) is 19.0. The van der Waals surface area contributed by atoms with Gasteiger partial charge in [0.2, 0.25) is 11.8 Å². The molecule has 7 heteroatoms. The number of amides is 3. The highest BCUT2D eigenvalue weighted by Gasteiger charge is 2.27. The number of ether oxygens (including phenoxy) is 1. The molecule has 1 rings (SSSR count). The molecule has 0 saturated carbocycles. The summed E-state index contributed by atoms with van der Waals surface area (Å²) < 4.78 is 5.09. The normalized spacial score (nSPS) is 15.8. The number of carbonyl (C=O) groups excluding carboxylic acids is 3. The first kappa shape index (κ1) is 21.3. The molecular weight excluding hydrogens is 322 g/mol. The van der Waals surface area contributed by atoms with Crippen LogP contribution in [0.2, 0.25) is 0 Å². The molecule has 1 heterocycles. The number of rotatable bonds is 6. The highest BCUT2D eigenvalue weighted by molar-refractivity contribution is 5.82. The molecule has 1 fully saturated rings. The summed E-state index contributed by atoms with van der Waals surface area (Å²) in [6, 6.07) is 0.0405. The van der Waals surface area contributed by atoms with Crippen molar-refractivity contribution in [3.63, 3.8) is 0 Å². The Balaban J connectivity index is 2.30. The van der Waals surface area contributed by atoms with E-state index in [0.29, 0.717) is 13.1 Å². The van der Waals surface area contributed by atoms with Crippen LogP contribution in [0, 0.1) is 5.92 Å². The Hall–Kier alpha value is -1.79. The number of hydrogen-bond acceptors (Lipinski definition) is 4. The maximum Gasteiger partial charge on any atom is 0.408 e. The smallest absolute Gasteiger partial charge is 0.408 e. The molecule has 0 aromatic carbocycles. The van der Waals surface area contributed by atoms with Gasteiger partial charge in [-0.3, -0.25) is 9.59 Å². The summed E-state index contributed by atoms with van der Waals surface area (Å²) in [5.41, 5.74) is -0.589. The van der Waals surface area contributed by atoms with E-state index in [9.17, 15) is 14.4 Å². The van der Waals surface area contributed by atoms with Crippen LogP contribution in [0.25, 0.3) is 0 Å². The van der Waals surface area contributed by atoms with Crippen LogP contribution in [0.5, 0.6) is 0 Å². The summed E-state index contributed by atoms with van der Waals surface area (Å²) in [7, 11) is 0. The highest BCUT2D eigenvalue weighted by Crippen LogP contribution is 2.17. The monoisotopic (exact) mass is 355 g/mol. The second-order valence-corrected chi connectivity index (χ2v) is 7.54. The molecule has 7 nitrogen and oxygen atoms in total. The molecule has 0 unspecified atom stereocenters. The lowest BCUT2D eigenvalue weighted by Gasteiger charge is -2.34. The second-order valence-electron chi connectivity index (χ2n) is 7.54. The SMILES string of the molecule is CCC(CC)C(=O)N1CCC(NC(=O)CNC(=O)OC(C)(C)C)CC1. The minimum Gasteiger partial charge on any atom is -0.444 e. The fourth-order valence-corrected chi connectivity index (χ4v) is 2.89. The summed E-state index contributed by atoms with van der Waals surface area (Å²) in [4.78, 5) is 37.7. The summed E-state index contributed by atoms with van der Waals surface area (Å²) in [5, 5.41) is 5.35. The van der Waals surface area contributed by atoms with Crippen molar-refractivity contribution in [2.24, 2.45) is 5.92 Å². The second kappa shape index (κ2) is 9.63. The lowest BCUT2D eigenvalue weighted by molar-refractivity contribution is -0.137. The van der Waals surface area contributed by atoms with Gasteiger partial charge in [-0.1, -0.05) is 13.8 Å². The molecule has 0 spiro atoms. The predicted octanol–water partition coefficient (Wildman–Crippen LogP) is 2.05. The maximum atomic E-state index is 12.4. The third-order valence-corrected chi connectivity index (χ3v) is 4.30. The van der Waals surface area contributed by atoms with Crippen molar-refractivity contribution in [1.29, 1.82) is 0 Å². The molecule has 0 aromatic rings. The van der Waals surface area contributed by atoms with Gasteiger partial charge in [0, 0.05) is 25.0 Å². The van der Waals surface area contributed by atoms with Gasteiger partial charge < -0.3 is 20.3 Å². The highest BCUT2D eigenvalue weighted by atomic mass is 16.6. The van der Waals surface area contributed by atoms with Crippen LogP contribution in [0.15, 0.2) is 0 Å². The number of carbonyl (C=O) groups is 3. The molecule has 1 aliphatic heterocycles. The van der Waals surface area contributed by atoms with E-state index in [1.54, 1.807) is 20.8 Å². The fraction of sp³-hybridized carbons (Fsp3) is 0.833. The number of alkyl carbamates (subject to hydrolysis) is 1. The fourth-order valence-electron chi connectivity index (χ4n) is 2.89. The van der Waals surface area contributed by atoms with Crippen LogP contribution >= 0.6 is 0 Å². The Bertz CT molecular complexity index is 461. The van der Waals surface area contributed by atoms with Gasteiger partial charge in [-0.25, -0.2) is 4.79 Å². The van der Waals surface area contributed by atoms with Crippen LogP contribution < -0.4 is 10.6 Å². The molecule has 2 N–H and O–H groups in total.